The van der Waals surface area contributed by atoms with Crippen molar-refractivity contribution < 1.29 is 9.90 Å². The molecular weight excluding hydrogens is 352 g/mol. The molecular formula is C22H24N4O2. The number of carboxylic acid groups (broad SMARTS) is 1. The number of hydrogen-bond acceptors (Lipinski definition) is 4. The molecule has 6 nitrogen and oxygen atoms in total. The Bertz CT molecular complexity index is 992. The summed E-state index contributed by atoms with van der Waals surface area (Å²) in [4.78, 5) is 11.0. The fraction of sp³-hybridized carbons (Fsp3) is 0.318. The van der Waals surface area contributed by atoms with Crippen LogP contribution in [0.1, 0.15) is 46.6 Å². The first-order valence-electron chi connectivity index (χ1n) is 9.71. The Balaban J connectivity index is 1.56. The normalized spacial score (nSPS) is 13.6. The minimum absolute atomic E-state index is 0.300. The monoisotopic (exact) mass is 376 g/mol. The largest absolute Gasteiger partial charge is 0.478 e. The molecule has 0 atom stereocenters. The van der Waals surface area contributed by atoms with Gasteiger partial charge in [0.25, 0.3) is 0 Å². The number of carbonyl (C=O) groups is 1. The number of benzene rings is 2. The lowest BCUT2D eigenvalue weighted by Gasteiger charge is -2.14. The van der Waals surface area contributed by atoms with Crippen LogP contribution in [0.4, 0.5) is 5.69 Å². The Morgan fingerprint density at radius 2 is 1.93 bits per heavy atom. The highest BCUT2D eigenvalue weighted by molar-refractivity contribution is 5.87. The molecule has 1 aliphatic rings. The highest BCUT2D eigenvalue weighted by Gasteiger charge is 2.18. The maximum Gasteiger partial charge on any atom is 0.335 e. The Labute approximate surface area is 164 Å². The molecule has 3 aromatic rings. The molecule has 0 unspecified atom stereocenters. The summed E-state index contributed by atoms with van der Waals surface area (Å²) in [6.07, 6.45) is 4.58. The maximum absolute atomic E-state index is 11.0. The number of nitrogens with one attached hydrogen (secondary N) is 1. The summed E-state index contributed by atoms with van der Waals surface area (Å²) in [5.74, 6) is 1.13. The van der Waals surface area contributed by atoms with E-state index in [2.05, 4.69) is 39.1 Å². The molecule has 2 heterocycles. The van der Waals surface area contributed by atoms with Gasteiger partial charge < -0.3 is 15.0 Å². The van der Waals surface area contributed by atoms with Gasteiger partial charge in [0.2, 0.25) is 0 Å². The number of anilines is 1. The molecule has 2 N–H and O–H groups in total. The van der Waals surface area contributed by atoms with Crippen LogP contribution < -0.4 is 5.32 Å². The van der Waals surface area contributed by atoms with Crippen LogP contribution in [0, 0.1) is 6.92 Å². The SMILES string of the molecule is Cc1c(NCc2ccc(C(=O)O)cc2)cccc1-c1nnc2n1CCCCC2. The maximum atomic E-state index is 11.0. The second kappa shape index (κ2) is 7.84. The van der Waals surface area contributed by atoms with Gasteiger partial charge >= 0.3 is 5.97 Å². The van der Waals surface area contributed by atoms with Crippen LogP contribution in [0.25, 0.3) is 11.4 Å². The van der Waals surface area contributed by atoms with Crippen LogP contribution in [0.3, 0.4) is 0 Å². The first-order valence-corrected chi connectivity index (χ1v) is 9.71. The third-order valence-electron chi connectivity index (χ3n) is 5.37. The van der Waals surface area contributed by atoms with Crippen molar-refractivity contribution in [2.75, 3.05) is 5.32 Å². The molecule has 0 amide bonds. The van der Waals surface area contributed by atoms with Gasteiger partial charge in [0, 0.05) is 30.8 Å². The van der Waals surface area contributed by atoms with Crippen LogP contribution in [0.15, 0.2) is 42.5 Å². The number of aromatic carboxylic acids is 1. The van der Waals surface area contributed by atoms with Crippen LogP contribution >= 0.6 is 0 Å². The van der Waals surface area contributed by atoms with E-state index >= 15 is 0 Å². The van der Waals surface area contributed by atoms with Crippen molar-refractivity contribution >= 4 is 11.7 Å². The smallest absolute Gasteiger partial charge is 0.335 e. The Hall–Kier alpha value is -3.15. The van der Waals surface area contributed by atoms with Gasteiger partial charge in [0.1, 0.15) is 5.82 Å². The van der Waals surface area contributed by atoms with E-state index in [1.54, 1.807) is 12.1 Å². The topological polar surface area (TPSA) is 80.0 Å². The molecule has 144 valence electrons. The molecule has 1 aliphatic heterocycles. The van der Waals surface area contributed by atoms with E-state index < -0.39 is 5.97 Å². The Kier molecular flexibility index (Phi) is 5.10. The van der Waals surface area contributed by atoms with E-state index in [1.165, 1.54) is 19.3 Å². The lowest BCUT2D eigenvalue weighted by atomic mass is 10.1. The van der Waals surface area contributed by atoms with Gasteiger partial charge in [-0.2, -0.15) is 0 Å². The zero-order valence-electron chi connectivity index (χ0n) is 16.0. The fourth-order valence-electron chi connectivity index (χ4n) is 3.72. The summed E-state index contributed by atoms with van der Waals surface area (Å²) in [5, 5.41) is 21.4. The number of aryl methyl sites for hydroxylation is 1. The second-order valence-corrected chi connectivity index (χ2v) is 7.24. The number of rotatable bonds is 5. The first-order chi connectivity index (χ1) is 13.6. The van der Waals surface area contributed by atoms with Crippen molar-refractivity contribution in [3.8, 4) is 11.4 Å². The standard InChI is InChI=1S/C22H24N4O2/c1-15-18(21-25-24-20-8-3-2-4-13-26(20)21)6-5-7-19(15)23-14-16-9-11-17(12-10-16)22(27)28/h5-7,9-12,23H,2-4,8,13-14H2,1H3,(H,27,28). The van der Waals surface area contributed by atoms with Crippen molar-refractivity contribution in [2.24, 2.45) is 0 Å². The van der Waals surface area contributed by atoms with Gasteiger partial charge in [0.05, 0.1) is 5.56 Å². The molecule has 0 saturated heterocycles. The molecule has 0 bridgehead atoms. The van der Waals surface area contributed by atoms with Crippen LogP contribution in [0.5, 0.6) is 0 Å². The molecule has 0 fully saturated rings. The number of aromatic nitrogens is 3. The molecule has 0 saturated carbocycles. The van der Waals surface area contributed by atoms with Crippen LogP contribution in [-0.4, -0.2) is 25.8 Å². The number of carboxylic acids is 1. The van der Waals surface area contributed by atoms with Gasteiger partial charge in [-0.3, -0.25) is 0 Å². The van der Waals surface area contributed by atoms with E-state index in [9.17, 15) is 4.79 Å². The second-order valence-electron chi connectivity index (χ2n) is 7.24. The zero-order valence-corrected chi connectivity index (χ0v) is 16.0. The summed E-state index contributed by atoms with van der Waals surface area (Å²) in [5.41, 5.74) is 4.63. The third-order valence-corrected chi connectivity index (χ3v) is 5.37. The quantitative estimate of drug-likeness (QED) is 0.694. The molecule has 1 aromatic heterocycles. The van der Waals surface area contributed by atoms with E-state index in [-0.39, 0.29) is 0 Å². The van der Waals surface area contributed by atoms with Gasteiger partial charge in [-0.1, -0.05) is 30.7 Å². The highest BCUT2D eigenvalue weighted by Crippen LogP contribution is 2.29. The fourth-order valence-corrected chi connectivity index (χ4v) is 3.72. The summed E-state index contributed by atoms with van der Waals surface area (Å²) in [7, 11) is 0. The minimum Gasteiger partial charge on any atom is -0.478 e. The highest BCUT2D eigenvalue weighted by atomic mass is 16.4. The van der Waals surface area contributed by atoms with Gasteiger partial charge in [0.15, 0.2) is 5.82 Å². The van der Waals surface area contributed by atoms with E-state index in [4.69, 9.17) is 5.11 Å². The third kappa shape index (κ3) is 3.63. The summed E-state index contributed by atoms with van der Waals surface area (Å²) in [6.45, 7) is 3.70. The van der Waals surface area contributed by atoms with Crippen molar-refractivity contribution in [2.45, 2.75) is 45.7 Å². The van der Waals surface area contributed by atoms with E-state index in [1.807, 2.05) is 18.2 Å². The number of fused-ring (bicyclic) bond motifs is 1. The average Bonchev–Trinajstić information content (AvgIpc) is 2.95. The van der Waals surface area contributed by atoms with Crippen LogP contribution in [-0.2, 0) is 19.5 Å². The number of nitrogens with zero attached hydrogens (tertiary/aromatic N) is 3. The average molecular weight is 376 g/mol. The number of hydrogen-bond donors (Lipinski definition) is 2. The lowest BCUT2D eigenvalue weighted by Crippen LogP contribution is -2.06. The lowest BCUT2D eigenvalue weighted by molar-refractivity contribution is 0.0697. The van der Waals surface area contributed by atoms with Crippen molar-refractivity contribution in [3.63, 3.8) is 0 Å². The van der Waals surface area contributed by atoms with E-state index in [0.717, 1.165) is 47.0 Å². The molecule has 0 aliphatic carbocycles. The molecule has 0 spiro atoms. The summed E-state index contributed by atoms with van der Waals surface area (Å²) in [6, 6.07) is 13.1. The van der Waals surface area contributed by atoms with Crippen LogP contribution in [0.2, 0.25) is 0 Å². The zero-order chi connectivity index (χ0) is 19.5. The summed E-state index contributed by atoms with van der Waals surface area (Å²) >= 11 is 0. The van der Waals surface area contributed by atoms with Gasteiger partial charge in [-0.15, -0.1) is 10.2 Å². The first kappa shape index (κ1) is 18.2. The molecule has 2 aromatic carbocycles. The molecule has 4 rings (SSSR count). The Morgan fingerprint density at radius 3 is 2.71 bits per heavy atom. The summed E-state index contributed by atoms with van der Waals surface area (Å²) < 4.78 is 2.27. The molecule has 0 radical (unpaired) electrons. The van der Waals surface area contributed by atoms with Crippen molar-refractivity contribution in [1.82, 2.24) is 14.8 Å². The predicted molar refractivity (Wildman–Crippen MR) is 108 cm³/mol. The van der Waals surface area contributed by atoms with Gasteiger partial charge in [-0.25, -0.2) is 4.79 Å². The van der Waals surface area contributed by atoms with Crippen molar-refractivity contribution in [1.29, 1.82) is 0 Å². The predicted octanol–water partition coefficient (Wildman–Crippen LogP) is 4.29. The minimum atomic E-state index is -0.907. The van der Waals surface area contributed by atoms with E-state index in [0.29, 0.717) is 12.1 Å². The Morgan fingerprint density at radius 1 is 1.11 bits per heavy atom. The van der Waals surface area contributed by atoms with Gasteiger partial charge in [-0.05, 0) is 49.1 Å². The van der Waals surface area contributed by atoms with Crippen molar-refractivity contribution in [3.05, 3.63) is 65.0 Å². The molecule has 28 heavy (non-hydrogen) atoms. The molecule has 6 heteroatoms.